The lowest BCUT2D eigenvalue weighted by Gasteiger charge is -2.01. The number of rotatable bonds is 6. The van der Waals surface area contributed by atoms with Crippen molar-refractivity contribution >= 4 is 32.1 Å². The Hall–Kier alpha value is -1.46. The number of nitrogens with zero attached hydrogens (tertiary/aromatic N) is 2. The molecule has 0 radical (unpaired) electrons. The Balaban J connectivity index is 1.76. The van der Waals surface area contributed by atoms with Crippen LogP contribution in [-0.2, 0) is 6.42 Å². The lowest BCUT2D eigenvalue weighted by Crippen LogP contribution is -1.91. The standard InChI is InChI=1S/C16H18N2OS2/c1-3-4-5-6-11-9-17-16(18-10-11)14-7-12-13(20-14)8-15(19-2)21-12/h7-10H,3-6H2,1-2H3. The van der Waals surface area contributed by atoms with Gasteiger partial charge in [0.25, 0.3) is 0 Å². The minimum absolute atomic E-state index is 0.821. The predicted octanol–water partition coefficient (Wildman–Crippen LogP) is 5.16. The van der Waals surface area contributed by atoms with Crippen molar-refractivity contribution in [2.75, 3.05) is 7.11 Å². The molecule has 21 heavy (non-hydrogen) atoms. The Labute approximate surface area is 132 Å². The monoisotopic (exact) mass is 318 g/mol. The van der Waals surface area contributed by atoms with Crippen LogP contribution >= 0.6 is 22.7 Å². The van der Waals surface area contributed by atoms with Gasteiger partial charge >= 0.3 is 0 Å². The normalized spacial score (nSPS) is 11.1. The molecular formula is C16H18N2OS2. The number of hydrogen-bond donors (Lipinski definition) is 0. The van der Waals surface area contributed by atoms with E-state index in [0.29, 0.717) is 0 Å². The van der Waals surface area contributed by atoms with E-state index in [1.54, 1.807) is 29.8 Å². The first kappa shape index (κ1) is 14.5. The zero-order valence-electron chi connectivity index (χ0n) is 12.3. The Bertz CT molecular complexity index is 684. The molecule has 5 heteroatoms. The SMILES string of the molecule is CCCCCc1cnc(-c2cc3sc(OC)cc3s2)nc1. The van der Waals surface area contributed by atoms with Gasteiger partial charge in [-0.1, -0.05) is 31.1 Å². The number of aromatic nitrogens is 2. The number of thiophene rings is 2. The van der Waals surface area contributed by atoms with Gasteiger partial charge in [-0.3, -0.25) is 0 Å². The molecule has 0 amide bonds. The fourth-order valence-electron chi connectivity index (χ4n) is 2.21. The molecule has 0 unspecified atom stereocenters. The molecule has 3 heterocycles. The number of aryl methyl sites for hydroxylation is 1. The zero-order valence-corrected chi connectivity index (χ0v) is 13.9. The summed E-state index contributed by atoms with van der Waals surface area (Å²) in [6, 6.07) is 4.23. The highest BCUT2D eigenvalue weighted by atomic mass is 32.1. The van der Waals surface area contributed by atoms with Crippen molar-refractivity contribution in [2.45, 2.75) is 32.6 Å². The van der Waals surface area contributed by atoms with Crippen LogP contribution in [0.2, 0.25) is 0 Å². The lowest BCUT2D eigenvalue weighted by atomic mass is 10.1. The van der Waals surface area contributed by atoms with Crippen LogP contribution < -0.4 is 4.74 Å². The van der Waals surface area contributed by atoms with Crippen LogP contribution in [0.25, 0.3) is 20.1 Å². The van der Waals surface area contributed by atoms with Gasteiger partial charge in [0.2, 0.25) is 0 Å². The summed E-state index contributed by atoms with van der Waals surface area (Å²) in [6.07, 6.45) is 8.73. The molecule has 3 nitrogen and oxygen atoms in total. The highest BCUT2D eigenvalue weighted by Crippen LogP contribution is 2.40. The maximum atomic E-state index is 5.26. The van der Waals surface area contributed by atoms with E-state index in [1.807, 2.05) is 12.4 Å². The topological polar surface area (TPSA) is 35.0 Å². The van der Waals surface area contributed by atoms with Crippen molar-refractivity contribution < 1.29 is 4.74 Å². The summed E-state index contributed by atoms with van der Waals surface area (Å²) in [6.45, 7) is 2.22. The first-order chi connectivity index (χ1) is 10.3. The predicted molar refractivity (Wildman–Crippen MR) is 90.5 cm³/mol. The van der Waals surface area contributed by atoms with Crippen molar-refractivity contribution in [2.24, 2.45) is 0 Å². The van der Waals surface area contributed by atoms with Crippen LogP contribution in [-0.4, -0.2) is 17.1 Å². The maximum Gasteiger partial charge on any atom is 0.175 e. The molecule has 0 aromatic carbocycles. The van der Waals surface area contributed by atoms with Gasteiger partial charge in [-0.15, -0.1) is 11.3 Å². The van der Waals surface area contributed by atoms with Crippen molar-refractivity contribution in [3.63, 3.8) is 0 Å². The third-order valence-corrected chi connectivity index (χ3v) is 5.63. The summed E-state index contributed by atoms with van der Waals surface area (Å²) < 4.78 is 7.74. The van der Waals surface area contributed by atoms with Gasteiger partial charge in [-0.2, -0.15) is 0 Å². The van der Waals surface area contributed by atoms with Gasteiger partial charge in [0.1, 0.15) is 0 Å². The van der Waals surface area contributed by atoms with E-state index in [9.17, 15) is 0 Å². The Morgan fingerprint density at radius 2 is 1.81 bits per heavy atom. The molecule has 0 bridgehead atoms. The van der Waals surface area contributed by atoms with Crippen LogP contribution in [0.4, 0.5) is 0 Å². The van der Waals surface area contributed by atoms with E-state index in [-0.39, 0.29) is 0 Å². The quantitative estimate of drug-likeness (QED) is 0.589. The van der Waals surface area contributed by atoms with Crippen LogP contribution in [0, 0.1) is 0 Å². The number of ether oxygens (including phenoxy) is 1. The molecule has 0 aliphatic rings. The Kier molecular flexibility index (Phi) is 4.51. The summed E-state index contributed by atoms with van der Waals surface area (Å²) in [7, 11) is 1.71. The van der Waals surface area contributed by atoms with E-state index in [0.717, 1.165) is 22.2 Å². The first-order valence-corrected chi connectivity index (χ1v) is 8.82. The Morgan fingerprint density at radius 3 is 2.48 bits per heavy atom. The molecular weight excluding hydrogens is 300 g/mol. The largest absolute Gasteiger partial charge is 0.487 e. The number of hydrogen-bond acceptors (Lipinski definition) is 5. The molecule has 0 N–H and O–H groups in total. The van der Waals surface area contributed by atoms with Crippen LogP contribution in [0.5, 0.6) is 5.06 Å². The van der Waals surface area contributed by atoms with E-state index >= 15 is 0 Å². The van der Waals surface area contributed by atoms with Gasteiger partial charge < -0.3 is 4.74 Å². The lowest BCUT2D eigenvalue weighted by molar-refractivity contribution is 0.427. The molecule has 3 aromatic heterocycles. The molecule has 0 saturated heterocycles. The molecule has 3 aromatic rings. The van der Waals surface area contributed by atoms with Gasteiger partial charge in [0, 0.05) is 27.9 Å². The second kappa shape index (κ2) is 6.54. The summed E-state index contributed by atoms with van der Waals surface area (Å²) in [5.74, 6) is 0.821. The van der Waals surface area contributed by atoms with E-state index in [4.69, 9.17) is 4.74 Å². The number of fused-ring (bicyclic) bond motifs is 1. The van der Waals surface area contributed by atoms with Crippen LogP contribution in [0.3, 0.4) is 0 Å². The highest BCUT2D eigenvalue weighted by Gasteiger charge is 2.10. The van der Waals surface area contributed by atoms with E-state index in [1.165, 1.54) is 34.2 Å². The molecule has 0 aliphatic carbocycles. The average Bonchev–Trinajstić information content (AvgIpc) is 3.06. The molecule has 3 rings (SSSR count). The van der Waals surface area contributed by atoms with E-state index < -0.39 is 0 Å². The molecule has 0 aliphatic heterocycles. The van der Waals surface area contributed by atoms with Crippen LogP contribution in [0.1, 0.15) is 31.7 Å². The van der Waals surface area contributed by atoms with Gasteiger partial charge in [0.05, 0.1) is 12.0 Å². The fourth-order valence-corrected chi connectivity index (χ4v) is 4.36. The minimum atomic E-state index is 0.821. The second-order valence-electron chi connectivity index (χ2n) is 4.98. The minimum Gasteiger partial charge on any atom is -0.487 e. The van der Waals surface area contributed by atoms with Crippen LogP contribution in [0.15, 0.2) is 24.5 Å². The number of unbranched alkanes of at least 4 members (excludes halogenated alkanes) is 2. The molecule has 0 saturated carbocycles. The zero-order chi connectivity index (χ0) is 14.7. The van der Waals surface area contributed by atoms with Crippen molar-refractivity contribution in [3.8, 4) is 15.8 Å². The third-order valence-electron chi connectivity index (χ3n) is 3.38. The summed E-state index contributed by atoms with van der Waals surface area (Å²) in [5.41, 5.74) is 1.23. The average molecular weight is 318 g/mol. The summed E-state index contributed by atoms with van der Waals surface area (Å²) in [5, 5.41) is 0.954. The van der Waals surface area contributed by atoms with Crippen molar-refractivity contribution in [1.29, 1.82) is 0 Å². The van der Waals surface area contributed by atoms with Gasteiger partial charge in [-0.25, -0.2) is 9.97 Å². The first-order valence-electron chi connectivity index (χ1n) is 7.19. The highest BCUT2D eigenvalue weighted by molar-refractivity contribution is 7.30. The third kappa shape index (κ3) is 3.24. The molecule has 0 atom stereocenters. The van der Waals surface area contributed by atoms with Crippen molar-refractivity contribution in [1.82, 2.24) is 9.97 Å². The van der Waals surface area contributed by atoms with Gasteiger partial charge in [-0.05, 0) is 24.5 Å². The fraction of sp³-hybridized carbons (Fsp3) is 0.375. The van der Waals surface area contributed by atoms with Gasteiger partial charge in [0.15, 0.2) is 10.9 Å². The van der Waals surface area contributed by atoms with Crippen molar-refractivity contribution in [3.05, 3.63) is 30.1 Å². The second-order valence-corrected chi connectivity index (χ2v) is 7.11. The maximum absolute atomic E-state index is 5.26. The molecule has 0 spiro atoms. The summed E-state index contributed by atoms with van der Waals surface area (Å²) >= 11 is 3.38. The molecule has 0 fully saturated rings. The smallest absolute Gasteiger partial charge is 0.175 e. The van der Waals surface area contributed by atoms with E-state index in [2.05, 4.69) is 29.0 Å². The number of methoxy groups -OCH3 is 1. The molecule has 110 valence electrons. The Morgan fingerprint density at radius 1 is 1.05 bits per heavy atom. The summed E-state index contributed by atoms with van der Waals surface area (Å²) in [4.78, 5) is 10.2.